The zero-order chi connectivity index (χ0) is 21.8. The summed E-state index contributed by atoms with van der Waals surface area (Å²) in [5.74, 6) is 0.0381. The first kappa shape index (κ1) is 20.4. The predicted octanol–water partition coefficient (Wildman–Crippen LogP) is 4.77. The average molecular weight is 413 g/mol. The van der Waals surface area contributed by atoms with Crippen LogP contribution in [0.25, 0.3) is 22.3 Å². The molecule has 0 saturated heterocycles. The highest BCUT2D eigenvalue weighted by molar-refractivity contribution is 5.83. The van der Waals surface area contributed by atoms with Crippen LogP contribution in [0.4, 0.5) is 0 Å². The van der Waals surface area contributed by atoms with E-state index in [1.165, 1.54) is 0 Å². The molecular formula is C26H23NO4. The van der Waals surface area contributed by atoms with E-state index in [2.05, 4.69) is 5.32 Å². The summed E-state index contributed by atoms with van der Waals surface area (Å²) in [7, 11) is 0. The molecule has 1 heterocycles. The summed E-state index contributed by atoms with van der Waals surface area (Å²) < 4.78 is 11.8. The highest BCUT2D eigenvalue weighted by Gasteiger charge is 2.19. The van der Waals surface area contributed by atoms with E-state index in [0.717, 1.165) is 16.7 Å². The number of amides is 1. The molecule has 0 spiro atoms. The van der Waals surface area contributed by atoms with Gasteiger partial charge in [0.25, 0.3) is 5.91 Å². The average Bonchev–Trinajstić information content (AvgIpc) is 2.78. The maximum atomic E-state index is 13.2. The van der Waals surface area contributed by atoms with Crippen LogP contribution < -0.4 is 15.5 Å². The highest BCUT2D eigenvalue weighted by Crippen LogP contribution is 2.31. The molecule has 5 nitrogen and oxygen atoms in total. The Kier molecular flexibility index (Phi) is 5.85. The number of fused-ring (bicyclic) bond motifs is 1. The molecule has 4 aromatic rings. The minimum absolute atomic E-state index is 0.0371. The van der Waals surface area contributed by atoms with Crippen LogP contribution in [0.15, 0.2) is 82.0 Å². The molecular weight excluding hydrogens is 390 g/mol. The highest BCUT2D eigenvalue weighted by atomic mass is 16.5. The molecule has 0 aliphatic heterocycles. The lowest BCUT2D eigenvalue weighted by Crippen LogP contribution is -2.29. The van der Waals surface area contributed by atoms with Gasteiger partial charge < -0.3 is 14.5 Å². The van der Waals surface area contributed by atoms with Gasteiger partial charge in [-0.05, 0) is 37.1 Å². The normalized spacial score (nSPS) is 10.8. The third-order valence-corrected chi connectivity index (χ3v) is 5.00. The molecule has 1 aromatic heterocycles. The first-order valence-corrected chi connectivity index (χ1v) is 10.1. The Bertz CT molecular complexity index is 1270. The monoisotopic (exact) mass is 413 g/mol. The van der Waals surface area contributed by atoms with E-state index in [1.54, 1.807) is 6.07 Å². The molecule has 0 aliphatic carbocycles. The van der Waals surface area contributed by atoms with Crippen molar-refractivity contribution in [2.45, 2.75) is 20.4 Å². The number of hydrogen-bond acceptors (Lipinski definition) is 4. The van der Waals surface area contributed by atoms with E-state index in [0.29, 0.717) is 28.8 Å². The number of rotatable bonds is 6. The lowest BCUT2D eigenvalue weighted by molar-refractivity contribution is -0.123. The Labute approximate surface area is 180 Å². The van der Waals surface area contributed by atoms with Crippen molar-refractivity contribution in [1.82, 2.24) is 5.32 Å². The van der Waals surface area contributed by atoms with Gasteiger partial charge in [0.1, 0.15) is 5.58 Å². The van der Waals surface area contributed by atoms with E-state index in [4.69, 9.17) is 9.15 Å². The summed E-state index contributed by atoms with van der Waals surface area (Å²) in [6, 6.07) is 22.6. The van der Waals surface area contributed by atoms with Crippen LogP contribution in [0.2, 0.25) is 0 Å². The third-order valence-electron chi connectivity index (χ3n) is 5.00. The zero-order valence-corrected chi connectivity index (χ0v) is 17.5. The summed E-state index contributed by atoms with van der Waals surface area (Å²) in [4.78, 5) is 25.5. The quantitative estimate of drug-likeness (QED) is 0.494. The van der Waals surface area contributed by atoms with Gasteiger partial charge in [-0.2, -0.15) is 0 Å². The van der Waals surface area contributed by atoms with E-state index >= 15 is 0 Å². The maximum absolute atomic E-state index is 13.2. The molecule has 0 fully saturated rings. The lowest BCUT2D eigenvalue weighted by Gasteiger charge is -2.12. The lowest BCUT2D eigenvalue weighted by atomic mass is 10.1. The van der Waals surface area contributed by atoms with Gasteiger partial charge in [-0.15, -0.1) is 0 Å². The van der Waals surface area contributed by atoms with E-state index in [9.17, 15) is 9.59 Å². The van der Waals surface area contributed by atoms with Crippen LogP contribution in [0.1, 0.15) is 16.7 Å². The van der Waals surface area contributed by atoms with Crippen molar-refractivity contribution < 1.29 is 13.9 Å². The van der Waals surface area contributed by atoms with Gasteiger partial charge in [-0.1, -0.05) is 66.2 Å². The molecule has 0 atom stereocenters. The fourth-order valence-electron chi connectivity index (χ4n) is 3.29. The molecule has 0 aliphatic rings. The largest absolute Gasteiger partial charge is 0.476 e. The van der Waals surface area contributed by atoms with Gasteiger partial charge in [0.15, 0.2) is 12.4 Å². The predicted molar refractivity (Wildman–Crippen MR) is 121 cm³/mol. The van der Waals surface area contributed by atoms with Crippen molar-refractivity contribution >= 4 is 16.9 Å². The molecule has 1 amide bonds. The minimum Gasteiger partial charge on any atom is -0.476 e. The zero-order valence-electron chi connectivity index (χ0n) is 17.5. The molecule has 1 N–H and O–H groups in total. The van der Waals surface area contributed by atoms with Crippen LogP contribution in [0, 0.1) is 13.8 Å². The van der Waals surface area contributed by atoms with Crippen LogP contribution >= 0.6 is 0 Å². The SMILES string of the molecule is Cc1ccc(-c2oc3cc(C)ccc3c(=O)c2OCC(=O)NCc2ccccc2)cc1. The van der Waals surface area contributed by atoms with E-state index < -0.39 is 0 Å². The molecule has 0 bridgehead atoms. The first-order valence-electron chi connectivity index (χ1n) is 10.1. The number of carbonyl (C=O) groups excluding carboxylic acids is 1. The fourth-order valence-corrected chi connectivity index (χ4v) is 3.29. The number of carbonyl (C=O) groups is 1. The summed E-state index contributed by atoms with van der Waals surface area (Å²) >= 11 is 0. The smallest absolute Gasteiger partial charge is 0.258 e. The Morgan fingerprint density at radius 3 is 2.39 bits per heavy atom. The minimum atomic E-state index is -0.317. The number of hydrogen-bond donors (Lipinski definition) is 1. The summed E-state index contributed by atoms with van der Waals surface area (Å²) in [5, 5.41) is 3.22. The van der Waals surface area contributed by atoms with E-state index in [1.807, 2.05) is 80.6 Å². The van der Waals surface area contributed by atoms with Crippen molar-refractivity contribution in [2.24, 2.45) is 0 Å². The van der Waals surface area contributed by atoms with Crippen molar-refractivity contribution in [3.8, 4) is 17.1 Å². The van der Waals surface area contributed by atoms with Crippen molar-refractivity contribution in [1.29, 1.82) is 0 Å². The number of aryl methyl sites for hydroxylation is 2. The Balaban J connectivity index is 1.63. The summed E-state index contributed by atoms with van der Waals surface area (Å²) in [5.41, 5.74) is 3.96. The molecule has 3 aromatic carbocycles. The van der Waals surface area contributed by atoms with Gasteiger partial charge in [0.2, 0.25) is 11.2 Å². The van der Waals surface area contributed by atoms with Gasteiger partial charge in [0, 0.05) is 12.1 Å². The van der Waals surface area contributed by atoms with Gasteiger partial charge in [-0.3, -0.25) is 9.59 Å². The molecule has 156 valence electrons. The van der Waals surface area contributed by atoms with Crippen LogP contribution in [-0.2, 0) is 11.3 Å². The second-order valence-corrected chi connectivity index (χ2v) is 7.51. The number of benzene rings is 3. The topological polar surface area (TPSA) is 68.5 Å². The first-order chi connectivity index (χ1) is 15.0. The Hall–Kier alpha value is -3.86. The fraction of sp³-hybridized carbons (Fsp3) is 0.154. The second-order valence-electron chi connectivity index (χ2n) is 7.51. The van der Waals surface area contributed by atoms with Crippen LogP contribution in [0.3, 0.4) is 0 Å². The summed E-state index contributed by atoms with van der Waals surface area (Å²) in [6.07, 6.45) is 0. The second kappa shape index (κ2) is 8.88. The molecule has 5 heteroatoms. The van der Waals surface area contributed by atoms with Crippen LogP contribution in [0.5, 0.6) is 5.75 Å². The standard InChI is InChI=1S/C26H23NO4/c1-17-8-11-20(12-9-17)25-26(24(29)21-13-10-18(2)14-22(21)31-25)30-16-23(28)27-15-19-6-4-3-5-7-19/h3-14H,15-16H2,1-2H3,(H,27,28). The van der Waals surface area contributed by atoms with Crippen molar-refractivity contribution in [3.63, 3.8) is 0 Å². The van der Waals surface area contributed by atoms with Crippen LogP contribution in [-0.4, -0.2) is 12.5 Å². The summed E-state index contributed by atoms with van der Waals surface area (Å²) in [6.45, 7) is 4.03. The molecule has 0 saturated carbocycles. The number of nitrogens with one attached hydrogen (secondary N) is 1. The molecule has 4 rings (SSSR count). The van der Waals surface area contributed by atoms with Crippen molar-refractivity contribution in [2.75, 3.05) is 6.61 Å². The van der Waals surface area contributed by atoms with E-state index in [-0.39, 0.29) is 23.7 Å². The third kappa shape index (κ3) is 4.67. The molecule has 0 radical (unpaired) electrons. The molecule has 0 unspecified atom stereocenters. The van der Waals surface area contributed by atoms with Gasteiger partial charge in [-0.25, -0.2) is 0 Å². The van der Waals surface area contributed by atoms with Crippen molar-refractivity contribution in [3.05, 3.63) is 99.7 Å². The molecule has 31 heavy (non-hydrogen) atoms. The Morgan fingerprint density at radius 1 is 0.935 bits per heavy atom. The van der Waals surface area contributed by atoms with Gasteiger partial charge in [0.05, 0.1) is 5.39 Å². The number of ether oxygens (including phenoxy) is 1. The van der Waals surface area contributed by atoms with Gasteiger partial charge >= 0.3 is 0 Å². The maximum Gasteiger partial charge on any atom is 0.258 e. The Morgan fingerprint density at radius 2 is 1.65 bits per heavy atom.